The van der Waals surface area contributed by atoms with Crippen molar-refractivity contribution in [1.29, 1.82) is 0 Å². The molecule has 1 amide bonds. The van der Waals surface area contributed by atoms with Crippen LogP contribution in [0, 0.1) is 12.3 Å². The summed E-state index contributed by atoms with van der Waals surface area (Å²) in [4.78, 5) is 12.2. The van der Waals surface area contributed by atoms with Crippen molar-refractivity contribution in [3.8, 4) is 17.2 Å². The van der Waals surface area contributed by atoms with Crippen molar-refractivity contribution in [3.63, 3.8) is 0 Å². The number of hydrogen-bond acceptors (Lipinski definition) is 5. The zero-order valence-corrected chi connectivity index (χ0v) is 18.4. The maximum Gasteiger partial charge on any atom is 0.257 e. The van der Waals surface area contributed by atoms with Crippen LogP contribution >= 0.6 is 12.4 Å². The summed E-state index contributed by atoms with van der Waals surface area (Å²) in [7, 11) is 1.71. The van der Waals surface area contributed by atoms with Gasteiger partial charge in [0.1, 0.15) is 17.2 Å². The fraction of sp³-hybridized carbons (Fsp3) is 0.435. The van der Waals surface area contributed by atoms with Gasteiger partial charge in [-0.1, -0.05) is 17.7 Å². The van der Waals surface area contributed by atoms with Crippen LogP contribution < -0.4 is 20.1 Å². The topological polar surface area (TPSA) is 68.8 Å². The van der Waals surface area contributed by atoms with Crippen LogP contribution in [0.2, 0.25) is 0 Å². The SMILES string of the molecule is COCC1(CNC(=O)COc2ccc(Oc3ccc(C)cc3)cc2)CCNCC1.Cl. The third-order valence-electron chi connectivity index (χ3n) is 5.23. The zero-order valence-electron chi connectivity index (χ0n) is 17.6. The van der Waals surface area contributed by atoms with Crippen LogP contribution in [0.5, 0.6) is 17.2 Å². The lowest BCUT2D eigenvalue weighted by Gasteiger charge is -2.37. The minimum atomic E-state index is -0.126. The number of methoxy groups -OCH3 is 1. The van der Waals surface area contributed by atoms with Gasteiger partial charge >= 0.3 is 0 Å². The third kappa shape index (κ3) is 7.20. The minimum absolute atomic E-state index is 0. The van der Waals surface area contributed by atoms with Gasteiger partial charge in [0.15, 0.2) is 6.61 Å². The maximum atomic E-state index is 12.2. The predicted molar refractivity (Wildman–Crippen MR) is 120 cm³/mol. The van der Waals surface area contributed by atoms with E-state index in [9.17, 15) is 4.79 Å². The van der Waals surface area contributed by atoms with Gasteiger partial charge in [0.25, 0.3) is 5.91 Å². The first-order valence-corrected chi connectivity index (χ1v) is 10.0. The first-order valence-electron chi connectivity index (χ1n) is 10.0. The van der Waals surface area contributed by atoms with Crippen molar-refractivity contribution in [2.24, 2.45) is 5.41 Å². The number of rotatable bonds is 9. The highest BCUT2D eigenvalue weighted by atomic mass is 35.5. The summed E-state index contributed by atoms with van der Waals surface area (Å²) in [6.07, 6.45) is 1.98. The fourth-order valence-electron chi connectivity index (χ4n) is 3.47. The van der Waals surface area contributed by atoms with E-state index in [1.807, 2.05) is 43.3 Å². The van der Waals surface area contributed by atoms with Crippen molar-refractivity contribution in [1.82, 2.24) is 10.6 Å². The van der Waals surface area contributed by atoms with Gasteiger partial charge in [-0.25, -0.2) is 0 Å². The lowest BCUT2D eigenvalue weighted by Crippen LogP contribution is -2.47. The monoisotopic (exact) mass is 434 g/mol. The predicted octanol–water partition coefficient (Wildman–Crippen LogP) is 3.72. The number of amides is 1. The molecule has 30 heavy (non-hydrogen) atoms. The van der Waals surface area contributed by atoms with Crippen LogP contribution in [-0.2, 0) is 9.53 Å². The Hall–Kier alpha value is -2.28. The number of carbonyl (C=O) groups excluding carboxylic acids is 1. The molecule has 0 bridgehead atoms. The second-order valence-electron chi connectivity index (χ2n) is 7.63. The number of aryl methyl sites for hydroxylation is 1. The molecule has 1 aliphatic rings. The number of piperidine rings is 1. The number of ether oxygens (including phenoxy) is 3. The van der Waals surface area contributed by atoms with E-state index in [0.717, 1.165) is 37.4 Å². The van der Waals surface area contributed by atoms with Gasteiger partial charge in [0.05, 0.1) is 6.61 Å². The normalized spacial score (nSPS) is 15.0. The number of nitrogens with one attached hydrogen (secondary N) is 2. The maximum absolute atomic E-state index is 12.2. The summed E-state index contributed by atoms with van der Waals surface area (Å²) >= 11 is 0. The Balaban J connectivity index is 0.00000320. The second-order valence-corrected chi connectivity index (χ2v) is 7.63. The molecule has 0 aromatic heterocycles. The molecule has 0 saturated carbocycles. The average molecular weight is 435 g/mol. The van der Waals surface area contributed by atoms with E-state index in [-0.39, 0.29) is 30.3 Å². The van der Waals surface area contributed by atoms with Gasteiger partial charge in [-0.15, -0.1) is 12.4 Å². The van der Waals surface area contributed by atoms with Gasteiger partial charge in [0.2, 0.25) is 0 Å². The fourth-order valence-corrected chi connectivity index (χ4v) is 3.47. The molecular formula is C23H31ClN2O4. The first kappa shape index (κ1) is 24.0. The van der Waals surface area contributed by atoms with E-state index in [1.165, 1.54) is 5.56 Å². The van der Waals surface area contributed by atoms with E-state index in [2.05, 4.69) is 10.6 Å². The smallest absolute Gasteiger partial charge is 0.257 e. The van der Waals surface area contributed by atoms with Gasteiger partial charge < -0.3 is 24.8 Å². The lowest BCUT2D eigenvalue weighted by atomic mass is 9.79. The van der Waals surface area contributed by atoms with Crippen LogP contribution in [0.4, 0.5) is 0 Å². The number of halogens is 1. The lowest BCUT2D eigenvalue weighted by molar-refractivity contribution is -0.124. The van der Waals surface area contributed by atoms with Gasteiger partial charge in [0, 0.05) is 19.1 Å². The summed E-state index contributed by atoms with van der Waals surface area (Å²) < 4.78 is 16.8. The Morgan fingerprint density at radius 2 is 1.57 bits per heavy atom. The molecule has 2 aromatic carbocycles. The molecule has 0 unspecified atom stereocenters. The molecule has 0 atom stereocenters. The molecule has 1 heterocycles. The largest absolute Gasteiger partial charge is 0.484 e. The van der Waals surface area contributed by atoms with Gasteiger partial charge in [-0.3, -0.25) is 4.79 Å². The van der Waals surface area contributed by atoms with Crippen molar-refractivity contribution >= 4 is 18.3 Å². The van der Waals surface area contributed by atoms with E-state index in [4.69, 9.17) is 14.2 Å². The Kier molecular flexibility index (Phi) is 9.43. The zero-order chi connectivity index (χ0) is 20.5. The number of hydrogen-bond donors (Lipinski definition) is 2. The highest BCUT2D eigenvalue weighted by Crippen LogP contribution is 2.28. The minimum Gasteiger partial charge on any atom is -0.484 e. The molecule has 1 aliphatic heterocycles. The van der Waals surface area contributed by atoms with Crippen molar-refractivity contribution in [2.75, 3.05) is 40.0 Å². The molecule has 7 heteroatoms. The standard InChI is InChI=1S/C23H30N2O4.ClH/c1-18-3-5-20(6-4-18)29-21-9-7-19(8-10-21)28-15-22(26)25-16-23(17-27-2)11-13-24-14-12-23;/h3-10,24H,11-17H2,1-2H3,(H,25,26);1H. The molecule has 164 valence electrons. The summed E-state index contributed by atoms with van der Waals surface area (Å²) in [5.74, 6) is 2.01. The summed E-state index contributed by atoms with van der Waals surface area (Å²) in [6.45, 7) is 5.18. The molecule has 3 rings (SSSR count). The summed E-state index contributed by atoms with van der Waals surface area (Å²) in [5.41, 5.74) is 1.19. The Bertz CT molecular complexity index is 769. The summed E-state index contributed by atoms with van der Waals surface area (Å²) in [5, 5.41) is 6.35. The first-order chi connectivity index (χ1) is 14.1. The van der Waals surface area contributed by atoms with Crippen LogP contribution in [0.1, 0.15) is 18.4 Å². The third-order valence-corrected chi connectivity index (χ3v) is 5.23. The van der Waals surface area contributed by atoms with Gasteiger partial charge in [-0.05, 0) is 69.3 Å². The van der Waals surface area contributed by atoms with Crippen molar-refractivity contribution in [2.45, 2.75) is 19.8 Å². The second kappa shape index (κ2) is 11.8. The highest BCUT2D eigenvalue weighted by molar-refractivity contribution is 5.85. The molecule has 1 saturated heterocycles. The van der Waals surface area contributed by atoms with E-state index < -0.39 is 0 Å². The van der Waals surface area contributed by atoms with E-state index in [1.54, 1.807) is 19.2 Å². The van der Waals surface area contributed by atoms with Crippen LogP contribution in [-0.4, -0.2) is 45.9 Å². The van der Waals surface area contributed by atoms with Gasteiger partial charge in [-0.2, -0.15) is 0 Å². The average Bonchev–Trinajstić information content (AvgIpc) is 2.74. The molecule has 1 fully saturated rings. The highest BCUT2D eigenvalue weighted by Gasteiger charge is 2.32. The molecule has 6 nitrogen and oxygen atoms in total. The Morgan fingerprint density at radius 1 is 1.00 bits per heavy atom. The molecule has 2 N–H and O–H groups in total. The quantitative estimate of drug-likeness (QED) is 0.629. The molecular weight excluding hydrogens is 404 g/mol. The number of benzene rings is 2. The summed E-state index contributed by atoms with van der Waals surface area (Å²) in [6, 6.07) is 15.1. The Labute approximate surface area is 184 Å². The molecule has 0 spiro atoms. The van der Waals surface area contributed by atoms with Crippen molar-refractivity contribution < 1.29 is 19.0 Å². The number of carbonyl (C=O) groups is 1. The molecule has 0 aliphatic carbocycles. The van der Waals surface area contributed by atoms with E-state index >= 15 is 0 Å². The van der Waals surface area contributed by atoms with Crippen LogP contribution in [0.25, 0.3) is 0 Å². The van der Waals surface area contributed by atoms with Crippen LogP contribution in [0.3, 0.4) is 0 Å². The Morgan fingerprint density at radius 3 is 2.17 bits per heavy atom. The molecule has 0 radical (unpaired) electrons. The van der Waals surface area contributed by atoms with E-state index in [0.29, 0.717) is 18.9 Å². The van der Waals surface area contributed by atoms with Crippen molar-refractivity contribution in [3.05, 3.63) is 54.1 Å². The molecule has 2 aromatic rings. The van der Waals surface area contributed by atoms with Crippen LogP contribution in [0.15, 0.2) is 48.5 Å².